The Labute approximate surface area is 437 Å². The highest BCUT2D eigenvalue weighted by Crippen LogP contribution is 2.51. The lowest BCUT2D eigenvalue weighted by Gasteiger charge is -2.43. The molecule has 19 rings (SSSR count). The van der Waals surface area contributed by atoms with Crippen LogP contribution in [0.15, 0.2) is 243 Å². The molecular weight excluding hydrogens is 918 g/mol. The van der Waals surface area contributed by atoms with Crippen LogP contribution in [0, 0.1) is 0 Å². The van der Waals surface area contributed by atoms with Crippen LogP contribution >= 0.6 is 0 Å². The van der Waals surface area contributed by atoms with Gasteiger partial charge in [0.2, 0.25) is 0 Å². The maximum Gasteiger partial charge on any atom is 0.252 e. The number of hydrogen-bond donors (Lipinski definition) is 0. The van der Waals surface area contributed by atoms with Crippen LogP contribution in [0.4, 0.5) is 34.1 Å². The van der Waals surface area contributed by atoms with Gasteiger partial charge in [0, 0.05) is 66.4 Å². The van der Waals surface area contributed by atoms with Gasteiger partial charge in [-0.1, -0.05) is 182 Å². The molecule has 6 heterocycles. The van der Waals surface area contributed by atoms with Crippen LogP contribution in [0.25, 0.3) is 98.1 Å². The second-order valence-electron chi connectivity index (χ2n) is 21.4. The van der Waals surface area contributed by atoms with Gasteiger partial charge in [0.15, 0.2) is 0 Å². The van der Waals surface area contributed by atoms with Crippen LogP contribution in [0.2, 0.25) is 0 Å². The average molecular weight is 959 g/mol. The first-order valence-electron chi connectivity index (χ1n) is 26.7. The quantitative estimate of drug-likeness (QED) is 0.161. The first-order valence-corrected chi connectivity index (χ1v) is 26.7. The minimum atomic E-state index is -0.0689. The molecule has 0 atom stereocenters. The van der Waals surface area contributed by atoms with Crippen LogP contribution in [-0.2, 0) is 0 Å². The zero-order chi connectivity index (χ0) is 49.1. The van der Waals surface area contributed by atoms with Crippen molar-refractivity contribution in [1.82, 2.24) is 9.13 Å². The Hall–Kier alpha value is -9.77. The number of para-hydroxylation sites is 4. The largest absolute Gasteiger partial charge is 0.311 e. The Bertz CT molecular complexity index is 4830. The van der Waals surface area contributed by atoms with Gasteiger partial charge in [0.05, 0.1) is 33.4 Å². The lowest BCUT2D eigenvalue weighted by molar-refractivity contribution is 1.16. The highest BCUT2D eigenvalue weighted by molar-refractivity contribution is 7.03. The summed E-state index contributed by atoms with van der Waals surface area (Å²) in [6.07, 6.45) is 0. The van der Waals surface area contributed by atoms with E-state index in [-0.39, 0.29) is 13.4 Å². The summed E-state index contributed by atoms with van der Waals surface area (Å²) < 4.78 is 5.40. The van der Waals surface area contributed by atoms with Gasteiger partial charge < -0.3 is 18.9 Å². The van der Waals surface area contributed by atoms with Crippen molar-refractivity contribution in [3.63, 3.8) is 0 Å². The van der Waals surface area contributed by atoms with Crippen molar-refractivity contribution in [3.05, 3.63) is 243 Å². The van der Waals surface area contributed by atoms with Gasteiger partial charge in [-0.3, -0.25) is 0 Å². The van der Waals surface area contributed by atoms with Crippen molar-refractivity contribution < 1.29 is 0 Å². The molecule has 4 aliphatic heterocycles. The van der Waals surface area contributed by atoms with E-state index in [1.165, 1.54) is 154 Å². The molecule has 346 valence electrons. The Morgan fingerprint density at radius 3 is 1.08 bits per heavy atom. The average Bonchev–Trinajstić information content (AvgIpc) is 4.22. The third kappa shape index (κ3) is 4.68. The van der Waals surface area contributed by atoms with Crippen LogP contribution in [0.1, 0.15) is 0 Å². The molecule has 0 radical (unpaired) electrons. The third-order valence-electron chi connectivity index (χ3n) is 18.0. The smallest absolute Gasteiger partial charge is 0.252 e. The minimum Gasteiger partial charge on any atom is -0.311 e. The van der Waals surface area contributed by atoms with Crippen LogP contribution in [0.5, 0.6) is 0 Å². The molecule has 0 spiro atoms. The van der Waals surface area contributed by atoms with Gasteiger partial charge in [-0.2, -0.15) is 0 Å². The van der Waals surface area contributed by atoms with Crippen molar-refractivity contribution in [3.8, 4) is 11.4 Å². The van der Waals surface area contributed by atoms with Gasteiger partial charge in [0.1, 0.15) is 0 Å². The molecule has 13 aromatic carbocycles. The molecule has 6 heteroatoms. The Morgan fingerprint density at radius 1 is 0.263 bits per heavy atom. The number of rotatable bonds is 2. The van der Waals surface area contributed by atoms with Crippen molar-refractivity contribution in [2.45, 2.75) is 0 Å². The second-order valence-corrected chi connectivity index (χ2v) is 21.4. The lowest BCUT2D eigenvalue weighted by atomic mass is 9.31. The number of anilines is 6. The third-order valence-corrected chi connectivity index (χ3v) is 18.0. The summed E-state index contributed by atoms with van der Waals surface area (Å²) in [5, 5.41) is 15.4. The van der Waals surface area contributed by atoms with Crippen LogP contribution < -0.4 is 42.6 Å². The van der Waals surface area contributed by atoms with E-state index < -0.39 is 0 Å². The zero-order valence-electron chi connectivity index (χ0n) is 41.0. The predicted molar refractivity (Wildman–Crippen MR) is 324 cm³/mol. The lowest BCUT2D eigenvalue weighted by Crippen LogP contribution is -2.63. The monoisotopic (exact) mass is 958 g/mol. The molecule has 4 aliphatic rings. The minimum absolute atomic E-state index is 0.0689. The van der Waals surface area contributed by atoms with E-state index in [0.717, 1.165) is 11.4 Å². The SMILES string of the molecule is c1ccc(N2c3ccccc3B3c4cc5c(cc4-n4c6ccc7ccccc7c6c6c7ccccc7c2c3c64)B2c3ccccc3N(c3ccccc3)c3c2c2c(c4ccccc34)c3c4ccccc4ccc3n2-5)cc1. The Balaban J connectivity index is 1.05. The highest BCUT2D eigenvalue weighted by Gasteiger charge is 2.48. The van der Waals surface area contributed by atoms with E-state index in [1.54, 1.807) is 0 Å². The summed E-state index contributed by atoms with van der Waals surface area (Å²) in [5.74, 6) is 0. The van der Waals surface area contributed by atoms with Crippen molar-refractivity contribution in [2.75, 3.05) is 9.80 Å². The molecular formula is C70H40B2N4. The van der Waals surface area contributed by atoms with Crippen molar-refractivity contribution in [2.24, 2.45) is 0 Å². The van der Waals surface area contributed by atoms with Crippen molar-refractivity contribution >= 4 is 167 Å². The van der Waals surface area contributed by atoms with E-state index in [2.05, 4.69) is 262 Å². The summed E-state index contributed by atoms with van der Waals surface area (Å²) in [4.78, 5) is 5.14. The molecule has 4 nitrogen and oxygen atoms in total. The molecule has 0 bridgehead atoms. The molecule has 2 aromatic heterocycles. The maximum absolute atomic E-state index is 2.70. The van der Waals surface area contributed by atoms with E-state index in [0.29, 0.717) is 0 Å². The van der Waals surface area contributed by atoms with E-state index in [4.69, 9.17) is 0 Å². The van der Waals surface area contributed by atoms with Crippen molar-refractivity contribution in [1.29, 1.82) is 0 Å². The van der Waals surface area contributed by atoms with Gasteiger partial charge in [-0.15, -0.1) is 0 Å². The number of aromatic nitrogens is 2. The molecule has 0 amide bonds. The molecule has 0 N–H and O–H groups in total. The molecule has 0 unspecified atom stereocenters. The Morgan fingerprint density at radius 2 is 0.632 bits per heavy atom. The van der Waals surface area contributed by atoms with Gasteiger partial charge >= 0.3 is 0 Å². The first-order chi connectivity index (χ1) is 37.8. The van der Waals surface area contributed by atoms with Crippen LogP contribution in [0.3, 0.4) is 0 Å². The summed E-state index contributed by atoms with van der Waals surface area (Å²) >= 11 is 0. The number of fused-ring (bicyclic) bond motifs is 26. The predicted octanol–water partition coefficient (Wildman–Crippen LogP) is 13.7. The number of hydrogen-bond acceptors (Lipinski definition) is 2. The number of nitrogens with zero attached hydrogens (tertiary/aromatic N) is 4. The maximum atomic E-state index is 2.70. The summed E-state index contributed by atoms with van der Waals surface area (Å²) in [5.41, 5.74) is 22.9. The molecule has 15 aromatic rings. The van der Waals surface area contributed by atoms with E-state index in [1.807, 2.05) is 0 Å². The fourth-order valence-electron chi connectivity index (χ4n) is 15.2. The van der Waals surface area contributed by atoms with Gasteiger partial charge in [-0.25, -0.2) is 0 Å². The fourth-order valence-corrected chi connectivity index (χ4v) is 15.2. The highest BCUT2D eigenvalue weighted by atomic mass is 15.2. The number of benzene rings is 13. The first kappa shape index (κ1) is 39.7. The molecule has 0 fully saturated rings. The topological polar surface area (TPSA) is 16.3 Å². The summed E-state index contributed by atoms with van der Waals surface area (Å²) in [6.45, 7) is -0.138. The molecule has 0 saturated heterocycles. The molecule has 0 aliphatic carbocycles. The summed E-state index contributed by atoms with van der Waals surface area (Å²) in [6, 6.07) is 92.0. The van der Waals surface area contributed by atoms with Gasteiger partial charge in [0.25, 0.3) is 13.4 Å². The zero-order valence-corrected chi connectivity index (χ0v) is 41.0. The van der Waals surface area contributed by atoms with Gasteiger partial charge in [-0.05, 0) is 126 Å². The Kier molecular flexibility index (Phi) is 7.36. The van der Waals surface area contributed by atoms with E-state index >= 15 is 0 Å². The van der Waals surface area contributed by atoms with Crippen LogP contribution in [-0.4, -0.2) is 22.6 Å². The molecule has 76 heavy (non-hydrogen) atoms. The summed E-state index contributed by atoms with van der Waals surface area (Å²) in [7, 11) is 0. The van der Waals surface area contributed by atoms with E-state index in [9.17, 15) is 0 Å². The molecule has 0 saturated carbocycles. The fraction of sp³-hybridized carbons (Fsp3) is 0. The normalized spacial score (nSPS) is 13.7. The second kappa shape index (κ2) is 14.1. The standard InChI is InChI=1S/C70H40B2N4/c1-3-21-43(22-4-1)73-55-33-17-15-31-51(55)71-53-39-60-54(40-59(53)75-57-37-35-41-19-7-9-25-45(41)61(57)63-47-27-11-13-29-49(47)67(73)65(71)69(63)75)72-52-32-16-18-34-56(52)74(44-23-5-2-6-24-44)68-50-30-14-12-28-48(50)64-62-46-26-10-8-20-42(46)36-38-58(62)76(60)70(64)66(68)72/h1-40H.